The van der Waals surface area contributed by atoms with Gasteiger partial charge in [0.1, 0.15) is 0 Å². The monoisotopic (exact) mass is 228 g/mol. The van der Waals surface area contributed by atoms with Gasteiger partial charge in [0.05, 0.1) is 12.7 Å². The number of hydrogen-bond donors (Lipinski definition) is 0. The van der Waals surface area contributed by atoms with Crippen molar-refractivity contribution in [1.82, 2.24) is 9.78 Å². The second-order valence-electron chi connectivity index (χ2n) is 2.55. The molecule has 0 fully saturated rings. The molecule has 0 aliphatic carbocycles. The zero-order chi connectivity index (χ0) is 9.14. The molecule has 0 bridgehead atoms. The van der Waals surface area contributed by atoms with Crippen molar-refractivity contribution >= 4 is 15.9 Å². The van der Waals surface area contributed by atoms with Crippen molar-refractivity contribution in [3.05, 3.63) is 39.2 Å². The predicted molar refractivity (Wildman–Crippen MR) is 51.3 cm³/mol. The first-order chi connectivity index (χ1) is 5.59. The predicted octanol–water partition coefficient (Wildman–Crippen LogP) is 1.46. The fraction of sp³-hybridized carbons (Fsp3) is 0.250. The van der Waals surface area contributed by atoms with Crippen LogP contribution >= 0.6 is 15.9 Å². The molecule has 1 rings (SSSR count). The van der Waals surface area contributed by atoms with Crippen LogP contribution in [0.15, 0.2) is 28.1 Å². The standard InChI is InChI=1S/C8H9BrN2O/c1-6-3-8(12)11(10-4-6)5-7(2)9/h3-4H,2,5H2,1H3. The summed E-state index contributed by atoms with van der Waals surface area (Å²) in [6.07, 6.45) is 1.65. The highest BCUT2D eigenvalue weighted by Crippen LogP contribution is 2.01. The molecule has 0 amide bonds. The summed E-state index contributed by atoms with van der Waals surface area (Å²) in [6.45, 7) is 5.88. The van der Waals surface area contributed by atoms with Crippen molar-refractivity contribution in [2.45, 2.75) is 13.5 Å². The summed E-state index contributed by atoms with van der Waals surface area (Å²) in [5, 5.41) is 3.93. The molecular formula is C8H9BrN2O. The van der Waals surface area contributed by atoms with Crippen LogP contribution in [-0.2, 0) is 6.54 Å². The van der Waals surface area contributed by atoms with Gasteiger partial charge >= 0.3 is 0 Å². The maximum absolute atomic E-state index is 11.2. The minimum atomic E-state index is -0.101. The minimum Gasteiger partial charge on any atom is -0.268 e. The summed E-state index contributed by atoms with van der Waals surface area (Å²) >= 11 is 3.17. The summed E-state index contributed by atoms with van der Waals surface area (Å²) in [7, 11) is 0. The van der Waals surface area contributed by atoms with Crippen LogP contribution in [0.4, 0.5) is 0 Å². The van der Waals surface area contributed by atoms with E-state index in [1.807, 2.05) is 6.92 Å². The third-order valence-corrected chi connectivity index (χ3v) is 1.58. The molecule has 0 radical (unpaired) electrons. The molecule has 0 atom stereocenters. The van der Waals surface area contributed by atoms with Gasteiger partial charge in [-0.1, -0.05) is 22.5 Å². The van der Waals surface area contributed by atoms with Gasteiger partial charge in [-0.15, -0.1) is 0 Å². The molecule has 0 aromatic carbocycles. The second kappa shape index (κ2) is 3.67. The lowest BCUT2D eigenvalue weighted by Crippen LogP contribution is -2.22. The van der Waals surface area contributed by atoms with Crippen LogP contribution in [0.1, 0.15) is 5.56 Å². The first kappa shape index (κ1) is 9.19. The molecule has 4 heteroatoms. The van der Waals surface area contributed by atoms with E-state index in [0.717, 1.165) is 10.0 Å². The SMILES string of the molecule is C=C(Br)Cn1ncc(C)cc1=O. The Morgan fingerprint density at radius 2 is 2.50 bits per heavy atom. The largest absolute Gasteiger partial charge is 0.268 e. The Bertz CT molecular complexity index is 356. The normalized spacial score (nSPS) is 9.83. The summed E-state index contributed by atoms with van der Waals surface area (Å²) in [4.78, 5) is 11.2. The third kappa shape index (κ3) is 2.30. The summed E-state index contributed by atoms with van der Waals surface area (Å²) in [5.41, 5.74) is 0.770. The minimum absolute atomic E-state index is 0.101. The molecule has 1 heterocycles. The van der Waals surface area contributed by atoms with E-state index in [-0.39, 0.29) is 5.56 Å². The lowest BCUT2D eigenvalue weighted by atomic mass is 10.3. The van der Waals surface area contributed by atoms with E-state index in [2.05, 4.69) is 27.6 Å². The van der Waals surface area contributed by atoms with Gasteiger partial charge in [-0.25, -0.2) is 4.68 Å². The summed E-state index contributed by atoms with van der Waals surface area (Å²) in [6, 6.07) is 1.54. The zero-order valence-corrected chi connectivity index (χ0v) is 8.34. The molecule has 0 aliphatic rings. The van der Waals surface area contributed by atoms with E-state index < -0.39 is 0 Å². The first-order valence-corrected chi connectivity index (χ1v) is 4.26. The van der Waals surface area contributed by atoms with Crippen LogP contribution in [-0.4, -0.2) is 9.78 Å². The number of halogens is 1. The molecule has 0 saturated carbocycles. The fourth-order valence-corrected chi connectivity index (χ4v) is 1.04. The average molecular weight is 229 g/mol. The molecule has 64 valence electrons. The quantitative estimate of drug-likeness (QED) is 0.769. The second-order valence-corrected chi connectivity index (χ2v) is 3.67. The number of rotatable bonds is 2. The van der Waals surface area contributed by atoms with Crippen LogP contribution in [0.5, 0.6) is 0 Å². The highest BCUT2D eigenvalue weighted by atomic mass is 79.9. The van der Waals surface area contributed by atoms with Gasteiger partial charge in [-0.3, -0.25) is 4.79 Å². The molecule has 3 nitrogen and oxygen atoms in total. The Balaban J connectivity index is 3.02. The Morgan fingerprint density at radius 1 is 1.83 bits per heavy atom. The Kier molecular flexibility index (Phi) is 2.81. The molecule has 0 aliphatic heterocycles. The van der Waals surface area contributed by atoms with Gasteiger partial charge in [0.15, 0.2) is 0 Å². The van der Waals surface area contributed by atoms with E-state index in [1.54, 1.807) is 12.3 Å². The van der Waals surface area contributed by atoms with Crippen molar-refractivity contribution in [2.24, 2.45) is 0 Å². The first-order valence-electron chi connectivity index (χ1n) is 3.46. The molecule has 1 aromatic rings. The topological polar surface area (TPSA) is 34.9 Å². The highest BCUT2D eigenvalue weighted by Gasteiger charge is 1.97. The number of hydrogen-bond acceptors (Lipinski definition) is 2. The van der Waals surface area contributed by atoms with E-state index in [4.69, 9.17) is 0 Å². The van der Waals surface area contributed by atoms with Gasteiger partial charge in [0.25, 0.3) is 5.56 Å². The van der Waals surface area contributed by atoms with Gasteiger partial charge < -0.3 is 0 Å². The van der Waals surface area contributed by atoms with Crippen molar-refractivity contribution in [3.63, 3.8) is 0 Å². The molecule has 0 N–H and O–H groups in total. The lowest BCUT2D eigenvalue weighted by Gasteiger charge is -2.01. The Hall–Kier alpha value is -0.900. The van der Waals surface area contributed by atoms with E-state index in [0.29, 0.717) is 6.54 Å². The van der Waals surface area contributed by atoms with Crippen molar-refractivity contribution in [3.8, 4) is 0 Å². The fourth-order valence-electron chi connectivity index (χ4n) is 0.805. The lowest BCUT2D eigenvalue weighted by molar-refractivity contribution is 0.645. The molecule has 1 aromatic heterocycles. The number of nitrogens with zero attached hydrogens (tertiary/aromatic N) is 2. The van der Waals surface area contributed by atoms with Gasteiger partial charge in [-0.05, 0) is 12.5 Å². The molecule has 0 spiro atoms. The van der Waals surface area contributed by atoms with Crippen molar-refractivity contribution < 1.29 is 0 Å². The molecule has 0 unspecified atom stereocenters. The van der Waals surface area contributed by atoms with Crippen LogP contribution in [0.25, 0.3) is 0 Å². The zero-order valence-electron chi connectivity index (χ0n) is 6.75. The smallest absolute Gasteiger partial charge is 0.267 e. The van der Waals surface area contributed by atoms with E-state index >= 15 is 0 Å². The highest BCUT2D eigenvalue weighted by molar-refractivity contribution is 9.11. The van der Waals surface area contributed by atoms with E-state index in [1.165, 1.54) is 4.68 Å². The number of allylic oxidation sites excluding steroid dienone is 1. The third-order valence-electron chi connectivity index (χ3n) is 1.33. The summed E-state index contributed by atoms with van der Waals surface area (Å²) in [5.74, 6) is 0. The van der Waals surface area contributed by atoms with Crippen LogP contribution in [0.3, 0.4) is 0 Å². The Morgan fingerprint density at radius 3 is 3.00 bits per heavy atom. The van der Waals surface area contributed by atoms with Crippen molar-refractivity contribution in [2.75, 3.05) is 0 Å². The average Bonchev–Trinajstić information content (AvgIpc) is 1.94. The van der Waals surface area contributed by atoms with Crippen LogP contribution in [0.2, 0.25) is 0 Å². The Labute approximate surface area is 78.8 Å². The van der Waals surface area contributed by atoms with E-state index in [9.17, 15) is 4.79 Å². The molecular weight excluding hydrogens is 220 g/mol. The number of aryl methyl sites for hydroxylation is 1. The van der Waals surface area contributed by atoms with Gasteiger partial charge in [0, 0.05) is 10.5 Å². The van der Waals surface area contributed by atoms with Gasteiger partial charge in [-0.2, -0.15) is 5.10 Å². The maximum atomic E-state index is 11.2. The maximum Gasteiger partial charge on any atom is 0.267 e. The van der Waals surface area contributed by atoms with Crippen LogP contribution < -0.4 is 5.56 Å². The summed E-state index contributed by atoms with van der Waals surface area (Å²) < 4.78 is 2.09. The van der Waals surface area contributed by atoms with Gasteiger partial charge in [0.2, 0.25) is 0 Å². The van der Waals surface area contributed by atoms with Crippen LogP contribution in [0, 0.1) is 6.92 Å². The van der Waals surface area contributed by atoms with Crippen molar-refractivity contribution in [1.29, 1.82) is 0 Å². The number of aromatic nitrogens is 2. The molecule has 0 saturated heterocycles. The molecule has 12 heavy (non-hydrogen) atoms.